The lowest BCUT2D eigenvalue weighted by molar-refractivity contribution is 0.669. The lowest BCUT2D eigenvalue weighted by Gasteiger charge is -2.13. The molecule has 7 aromatic carbocycles. The van der Waals surface area contributed by atoms with Crippen LogP contribution in [0.3, 0.4) is 0 Å². The van der Waals surface area contributed by atoms with Crippen molar-refractivity contribution in [3.05, 3.63) is 154 Å². The Balaban J connectivity index is 1.26. The molecule has 0 radical (unpaired) electrons. The number of nitrogens with zero attached hydrogens (tertiary/aromatic N) is 1. The van der Waals surface area contributed by atoms with E-state index in [4.69, 9.17) is 9.41 Å². The molecule has 0 saturated carbocycles. The van der Waals surface area contributed by atoms with Crippen LogP contribution in [0.5, 0.6) is 0 Å². The molecule has 0 N–H and O–H groups in total. The summed E-state index contributed by atoms with van der Waals surface area (Å²) in [5, 5.41) is 10.0. The normalized spacial score (nSPS) is 16.9. The van der Waals surface area contributed by atoms with E-state index in [0.29, 0.717) is 0 Å². The predicted octanol–water partition coefficient (Wildman–Crippen LogP) is 10.8. The highest BCUT2D eigenvalue weighted by molar-refractivity contribution is 7.17. The molecule has 1 aliphatic heterocycles. The summed E-state index contributed by atoms with van der Waals surface area (Å²) in [6.07, 6.45) is 5.41. The zero-order valence-corrected chi connectivity index (χ0v) is 26.5. The fourth-order valence-electron chi connectivity index (χ4n) is 7.56. The second-order valence-corrected chi connectivity index (χ2v) is 13.6. The summed E-state index contributed by atoms with van der Waals surface area (Å²) in [5.41, 5.74) is 8.77. The van der Waals surface area contributed by atoms with Gasteiger partial charge in [-0.15, -0.1) is 11.3 Å². The van der Waals surface area contributed by atoms with Gasteiger partial charge in [0.15, 0.2) is 0 Å². The summed E-state index contributed by atoms with van der Waals surface area (Å²) in [6.45, 7) is 0. The number of thiophene rings is 1. The number of hydrogen-bond donors (Lipinski definition) is 0. The standard InChI is InChI=1S/C44H29NOS/c1-3-12-27(13-4-1)30-25-36-31-23-22-29(24-35(31)33-18-11-20-38-41(33)42(36)39(26-30)46-38)37-19-9-7-17-34-32-16-8-10-21-40(32)47-44(34)43(45-37)28-14-5-2-6-15-28/h1-6,8,10-18,20-26H,7,9,19H2/b34-17-,44-43+,45-37+. The van der Waals surface area contributed by atoms with Gasteiger partial charge in [-0.25, -0.2) is 0 Å². The molecule has 0 aliphatic carbocycles. The first kappa shape index (κ1) is 26.7. The summed E-state index contributed by atoms with van der Waals surface area (Å²) < 4.78 is 9.09. The lowest BCUT2D eigenvalue weighted by Crippen LogP contribution is -2.21. The molecule has 222 valence electrons. The molecule has 3 heteroatoms. The van der Waals surface area contributed by atoms with Crippen LogP contribution in [0.4, 0.5) is 0 Å². The molecule has 3 heterocycles. The maximum atomic E-state index is 6.53. The Kier molecular flexibility index (Phi) is 5.97. The van der Waals surface area contributed by atoms with Crippen LogP contribution in [-0.2, 0) is 0 Å². The van der Waals surface area contributed by atoms with Crippen molar-refractivity contribution in [3.8, 4) is 11.1 Å². The van der Waals surface area contributed by atoms with Crippen molar-refractivity contribution in [2.75, 3.05) is 0 Å². The van der Waals surface area contributed by atoms with Gasteiger partial charge in [-0.3, -0.25) is 4.99 Å². The Morgan fingerprint density at radius 3 is 2.15 bits per heavy atom. The Labute approximate surface area is 275 Å². The fourth-order valence-corrected chi connectivity index (χ4v) is 8.78. The van der Waals surface area contributed by atoms with Crippen molar-refractivity contribution in [2.45, 2.75) is 19.3 Å². The quantitative estimate of drug-likeness (QED) is 0.181. The smallest absolute Gasteiger partial charge is 0.136 e. The van der Waals surface area contributed by atoms with Gasteiger partial charge < -0.3 is 4.42 Å². The van der Waals surface area contributed by atoms with Gasteiger partial charge in [0, 0.05) is 32.1 Å². The molecule has 9 aromatic rings. The van der Waals surface area contributed by atoms with Crippen LogP contribution in [0.1, 0.15) is 30.4 Å². The van der Waals surface area contributed by atoms with E-state index in [1.807, 2.05) is 11.3 Å². The Morgan fingerprint density at radius 1 is 0.532 bits per heavy atom. The van der Waals surface area contributed by atoms with Gasteiger partial charge in [-0.2, -0.15) is 0 Å². The zero-order valence-electron chi connectivity index (χ0n) is 25.7. The first-order chi connectivity index (χ1) is 23.3. The number of benzene rings is 7. The highest BCUT2D eigenvalue weighted by atomic mass is 32.1. The fraction of sp³-hybridized carbons (Fsp3) is 0.0682. The van der Waals surface area contributed by atoms with E-state index in [9.17, 15) is 0 Å². The highest BCUT2D eigenvalue weighted by Crippen LogP contribution is 2.44. The van der Waals surface area contributed by atoms with E-state index < -0.39 is 0 Å². The average molecular weight is 620 g/mol. The molecule has 0 fully saturated rings. The Hall–Kier alpha value is -5.51. The largest absolute Gasteiger partial charge is 0.456 e. The van der Waals surface area contributed by atoms with Crippen molar-refractivity contribution in [1.82, 2.24) is 0 Å². The molecule has 0 bridgehead atoms. The van der Waals surface area contributed by atoms with Crippen LogP contribution in [-0.4, -0.2) is 5.71 Å². The molecular formula is C44H29NOS. The van der Waals surface area contributed by atoms with Crippen molar-refractivity contribution in [1.29, 1.82) is 0 Å². The van der Waals surface area contributed by atoms with Crippen molar-refractivity contribution in [3.63, 3.8) is 0 Å². The van der Waals surface area contributed by atoms with Gasteiger partial charge in [0.2, 0.25) is 0 Å². The van der Waals surface area contributed by atoms with E-state index in [2.05, 4.69) is 140 Å². The third-order valence-electron chi connectivity index (χ3n) is 9.75. The molecule has 0 saturated heterocycles. The van der Waals surface area contributed by atoms with Crippen LogP contribution in [0, 0.1) is 0 Å². The van der Waals surface area contributed by atoms with Crippen molar-refractivity contribution < 1.29 is 4.42 Å². The number of aliphatic imine (C=N–C) groups is 1. The van der Waals surface area contributed by atoms with Gasteiger partial charge in [0.1, 0.15) is 11.2 Å². The number of furan rings is 1. The molecule has 0 atom stereocenters. The highest BCUT2D eigenvalue weighted by Gasteiger charge is 2.20. The summed E-state index contributed by atoms with van der Waals surface area (Å²) in [6, 6.07) is 48.1. The van der Waals surface area contributed by atoms with Gasteiger partial charge in [-0.05, 0) is 93.0 Å². The summed E-state index contributed by atoms with van der Waals surface area (Å²) in [7, 11) is 0. The van der Waals surface area contributed by atoms with Crippen LogP contribution in [0.2, 0.25) is 0 Å². The summed E-state index contributed by atoms with van der Waals surface area (Å²) >= 11 is 1.86. The average Bonchev–Trinajstić information content (AvgIpc) is 3.71. The Bertz CT molecular complexity index is 2800. The minimum atomic E-state index is 0.910. The monoisotopic (exact) mass is 619 g/mol. The van der Waals surface area contributed by atoms with E-state index in [1.165, 1.54) is 68.8 Å². The zero-order chi connectivity index (χ0) is 30.9. The molecule has 0 unspecified atom stereocenters. The SMILES string of the molecule is C1=c2/c(sc3ccccc23)=C(c2ccccc2)\N=C(\c2ccc3c(c2)c2cccc4oc5cc(-c6ccccc6)cc3c5c42)CCC\1. The van der Waals surface area contributed by atoms with E-state index in [0.717, 1.165) is 47.4 Å². The van der Waals surface area contributed by atoms with E-state index in [1.54, 1.807) is 0 Å². The first-order valence-electron chi connectivity index (χ1n) is 16.3. The van der Waals surface area contributed by atoms with Gasteiger partial charge in [0.25, 0.3) is 0 Å². The van der Waals surface area contributed by atoms with E-state index in [-0.39, 0.29) is 0 Å². The van der Waals surface area contributed by atoms with Crippen LogP contribution >= 0.6 is 11.3 Å². The molecule has 2 nitrogen and oxygen atoms in total. The first-order valence-corrected chi connectivity index (χ1v) is 17.2. The molecule has 0 spiro atoms. The Morgan fingerprint density at radius 2 is 1.28 bits per heavy atom. The molecule has 10 rings (SSSR count). The molecule has 0 amide bonds. The van der Waals surface area contributed by atoms with Gasteiger partial charge in [-0.1, -0.05) is 109 Å². The summed E-state index contributed by atoms with van der Waals surface area (Å²) in [4.78, 5) is 5.60. The minimum Gasteiger partial charge on any atom is -0.456 e. The van der Waals surface area contributed by atoms with Crippen LogP contribution < -0.4 is 9.75 Å². The maximum Gasteiger partial charge on any atom is 0.136 e. The van der Waals surface area contributed by atoms with Gasteiger partial charge in [0.05, 0.1) is 10.2 Å². The molecule has 47 heavy (non-hydrogen) atoms. The van der Waals surface area contributed by atoms with Crippen LogP contribution in [0.25, 0.3) is 76.5 Å². The lowest BCUT2D eigenvalue weighted by atomic mass is 9.90. The molecule has 1 aliphatic rings. The van der Waals surface area contributed by atoms with Crippen LogP contribution in [0.15, 0.2) is 143 Å². The van der Waals surface area contributed by atoms with E-state index >= 15 is 0 Å². The predicted molar refractivity (Wildman–Crippen MR) is 200 cm³/mol. The topological polar surface area (TPSA) is 25.5 Å². The second-order valence-electron chi connectivity index (χ2n) is 12.5. The molecular weight excluding hydrogens is 591 g/mol. The second kappa shape index (κ2) is 10.5. The number of fused-ring (bicyclic) bond motifs is 6. The van der Waals surface area contributed by atoms with Crippen molar-refractivity contribution >= 4 is 82.4 Å². The van der Waals surface area contributed by atoms with Crippen molar-refractivity contribution in [2.24, 2.45) is 4.99 Å². The number of rotatable bonds is 3. The third kappa shape index (κ3) is 4.20. The third-order valence-corrected chi connectivity index (χ3v) is 10.9. The summed E-state index contributed by atoms with van der Waals surface area (Å²) in [5.74, 6) is 0. The molecule has 2 aromatic heterocycles. The number of hydrogen-bond acceptors (Lipinski definition) is 3. The van der Waals surface area contributed by atoms with Gasteiger partial charge >= 0.3 is 0 Å². The maximum absolute atomic E-state index is 6.53. The minimum absolute atomic E-state index is 0.910.